The van der Waals surface area contributed by atoms with Gasteiger partial charge in [0.15, 0.2) is 17.6 Å². The highest BCUT2D eigenvalue weighted by Crippen LogP contribution is 2.34. The van der Waals surface area contributed by atoms with E-state index in [0.29, 0.717) is 35.1 Å². The van der Waals surface area contributed by atoms with Gasteiger partial charge < -0.3 is 24.3 Å². The summed E-state index contributed by atoms with van der Waals surface area (Å²) >= 11 is 0. The van der Waals surface area contributed by atoms with Gasteiger partial charge in [0.05, 0.1) is 5.56 Å². The first-order valence-corrected chi connectivity index (χ1v) is 9.77. The van der Waals surface area contributed by atoms with Crippen molar-refractivity contribution >= 4 is 17.6 Å². The van der Waals surface area contributed by atoms with E-state index in [2.05, 4.69) is 5.32 Å². The Labute approximate surface area is 179 Å². The van der Waals surface area contributed by atoms with Gasteiger partial charge in [-0.1, -0.05) is 36.4 Å². The van der Waals surface area contributed by atoms with E-state index >= 15 is 0 Å². The lowest BCUT2D eigenvalue weighted by molar-refractivity contribution is -0.123. The van der Waals surface area contributed by atoms with E-state index in [1.165, 1.54) is 6.92 Å². The molecule has 31 heavy (non-hydrogen) atoms. The molecule has 0 bridgehead atoms. The second-order valence-electron chi connectivity index (χ2n) is 6.91. The number of hydrogen-bond acceptors (Lipinski definition) is 6. The summed E-state index contributed by atoms with van der Waals surface area (Å²) in [5.74, 6) is 0.638. The van der Waals surface area contributed by atoms with Crippen LogP contribution >= 0.6 is 0 Å². The van der Waals surface area contributed by atoms with E-state index < -0.39 is 18.0 Å². The summed E-state index contributed by atoms with van der Waals surface area (Å²) in [4.78, 5) is 24.9. The molecule has 1 heterocycles. The number of amides is 1. The number of rotatable bonds is 7. The molecule has 0 radical (unpaired) electrons. The summed E-state index contributed by atoms with van der Waals surface area (Å²) in [7, 11) is 0. The third-order valence-corrected chi connectivity index (χ3v) is 4.61. The van der Waals surface area contributed by atoms with Crippen molar-refractivity contribution in [3.8, 4) is 17.2 Å². The fourth-order valence-electron chi connectivity index (χ4n) is 2.95. The van der Waals surface area contributed by atoms with E-state index in [4.69, 9.17) is 18.9 Å². The summed E-state index contributed by atoms with van der Waals surface area (Å²) in [6.45, 7) is 2.04. The second-order valence-corrected chi connectivity index (χ2v) is 6.91. The minimum atomic E-state index is -0.994. The first kappa shape index (κ1) is 20.3. The Morgan fingerprint density at radius 3 is 2.61 bits per heavy atom. The lowest BCUT2D eigenvalue weighted by atomic mass is 10.2. The highest BCUT2D eigenvalue weighted by molar-refractivity contribution is 5.97. The van der Waals surface area contributed by atoms with Crippen LogP contribution in [0.25, 0.3) is 0 Å². The zero-order valence-electron chi connectivity index (χ0n) is 16.9. The quantitative estimate of drug-likeness (QED) is 0.579. The van der Waals surface area contributed by atoms with E-state index in [0.717, 1.165) is 5.56 Å². The van der Waals surface area contributed by atoms with Crippen LogP contribution in [0.1, 0.15) is 22.8 Å². The predicted octanol–water partition coefficient (Wildman–Crippen LogP) is 4.18. The Morgan fingerprint density at radius 2 is 1.77 bits per heavy atom. The molecule has 1 N–H and O–H groups in total. The fraction of sp³-hybridized carbons (Fsp3) is 0.167. The topological polar surface area (TPSA) is 83.1 Å². The number of esters is 1. The molecule has 7 nitrogen and oxygen atoms in total. The smallest absolute Gasteiger partial charge is 0.339 e. The van der Waals surface area contributed by atoms with Gasteiger partial charge in [-0.2, -0.15) is 0 Å². The Hall–Kier alpha value is -4.00. The van der Waals surface area contributed by atoms with Crippen LogP contribution in [0.15, 0.2) is 72.8 Å². The fourth-order valence-corrected chi connectivity index (χ4v) is 2.95. The molecule has 158 valence electrons. The Bertz CT molecular complexity index is 1080. The monoisotopic (exact) mass is 419 g/mol. The number of carbonyl (C=O) groups excluding carboxylic acids is 2. The van der Waals surface area contributed by atoms with Crippen molar-refractivity contribution in [2.45, 2.75) is 19.6 Å². The van der Waals surface area contributed by atoms with Crippen LogP contribution in [-0.2, 0) is 16.1 Å². The van der Waals surface area contributed by atoms with Crippen molar-refractivity contribution in [3.05, 3.63) is 83.9 Å². The summed E-state index contributed by atoms with van der Waals surface area (Å²) in [5.41, 5.74) is 1.84. The van der Waals surface area contributed by atoms with Gasteiger partial charge in [-0.05, 0) is 42.8 Å². The number of fused-ring (bicyclic) bond motifs is 1. The van der Waals surface area contributed by atoms with Crippen molar-refractivity contribution in [3.63, 3.8) is 0 Å². The van der Waals surface area contributed by atoms with Crippen LogP contribution in [0.2, 0.25) is 0 Å². The third kappa shape index (κ3) is 5.14. The van der Waals surface area contributed by atoms with Gasteiger partial charge in [-0.25, -0.2) is 4.79 Å². The molecular formula is C24H21NO6. The minimum absolute atomic E-state index is 0.148. The average Bonchev–Trinajstić information content (AvgIpc) is 3.26. The van der Waals surface area contributed by atoms with Crippen LogP contribution in [0.5, 0.6) is 17.2 Å². The van der Waals surface area contributed by atoms with Gasteiger partial charge >= 0.3 is 5.97 Å². The van der Waals surface area contributed by atoms with Crippen molar-refractivity contribution < 1.29 is 28.5 Å². The highest BCUT2D eigenvalue weighted by Gasteiger charge is 2.21. The van der Waals surface area contributed by atoms with Crippen LogP contribution in [0.4, 0.5) is 5.69 Å². The molecule has 3 aromatic rings. The van der Waals surface area contributed by atoms with Gasteiger partial charge in [0.2, 0.25) is 6.79 Å². The molecule has 0 fully saturated rings. The minimum Gasteiger partial charge on any atom is -0.489 e. The zero-order chi connectivity index (χ0) is 21.6. The molecule has 1 aliphatic rings. The molecule has 7 heteroatoms. The number of hydrogen-bond donors (Lipinski definition) is 1. The van der Waals surface area contributed by atoms with Crippen molar-refractivity contribution in [1.82, 2.24) is 0 Å². The summed E-state index contributed by atoms with van der Waals surface area (Å²) in [6.07, 6.45) is -0.994. The standard InChI is InChI=1S/C24H21NO6/c1-16(23(26)25-19-10-11-21-22(13-19)30-15-29-21)31-24(27)18-8-5-9-20(12-18)28-14-17-6-3-2-4-7-17/h2-13,16H,14-15H2,1H3,(H,25,26)/t16-/m1/s1. The SMILES string of the molecule is C[C@@H](OC(=O)c1cccc(OCc2ccccc2)c1)C(=O)Nc1ccc2c(c1)OCO2. The zero-order valence-corrected chi connectivity index (χ0v) is 16.9. The van der Waals surface area contributed by atoms with E-state index in [-0.39, 0.29) is 6.79 Å². The number of ether oxygens (including phenoxy) is 4. The molecule has 0 aliphatic carbocycles. The summed E-state index contributed by atoms with van der Waals surface area (Å²) in [6, 6.07) is 21.4. The number of nitrogens with one attached hydrogen (secondary N) is 1. The molecular weight excluding hydrogens is 398 g/mol. The maximum Gasteiger partial charge on any atom is 0.339 e. The molecule has 3 aromatic carbocycles. The van der Waals surface area contributed by atoms with E-state index in [1.54, 1.807) is 42.5 Å². The predicted molar refractivity (Wildman–Crippen MR) is 113 cm³/mol. The first-order valence-electron chi connectivity index (χ1n) is 9.77. The van der Waals surface area contributed by atoms with E-state index in [1.807, 2.05) is 30.3 Å². The largest absolute Gasteiger partial charge is 0.489 e. The normalized spacial score (nSPS) is 12.7. The van der Waals surface area contributed by atoms with Crippen LogP contribution in [-0.4, -0.2) is 24.8 Å². The molecule has 0 saturated heterocycles. The van der Waals surface area contributed by atoms with Crippen molar-refractivity contribution in [2.75, 3.05) is 12.1 Å². The highest BCUT2D eigenvalue weighted by atomic mass is 16.7. The Kier molecular flexibility index (Phi) is 6.03. The van der Waals surface area contributed by atoms with E-state index in [9.17, 15) is 9.59 Å². The molecule has 1 amide bonds. The lowest BCUT2D eigenvalue weighted by Crippen LogP contribution is -2.30. The van der Waals surface area contributed by atoms with Crippen LogP contribution in [0, 0.1) is 0 Å². The summed E-state index contributed by atoms with van der Waals surface area (Å²) < 4.78 is 21.6. The van der Waals surface area contributed by atoms with Crippen LogP contribution < -0.4 is 19.5 Å². The maximum atomic E-state index is 12.5. The molecule has 4 rings (SSSR count). The van der Waals surface area contributed by atoms with Crippen molar-refractivity contribution in [1.29, 1.82) is 0 Å². The molecule has 0 unspecified atom stereocenters. The maximum absolute atomic E-state index is 12.5. The number of benzene rings is 3. The second kappa shape index (κ2) is 9.21. The molecule has 0 aromatic heterocycles. The van der Waals surface area contributed by atoms with Crippen LogP contribution in [0.3, 0.4) is 0 Å². The molecule has 0 spiro atoms. The first-order chi connectivity index (χ1) is 15.1. The van der Waals surface area contributed by atoms with Crippen molar-refractivity contribution in [2.24, 2.45) is 0 Å². The molecule has 0 saturated carbocycles. The lowest BCUT2D eigenvalue weighted by Gasteiger charge is -2.14. The molecule has 1 aliphatic heterocycles. The van der Waals surface area contributed by atoms with Gasteiger partial charge in [0.25, 0.3) is 5.91 Å². The van der Waals surface area contributed by atoms with Gasteiger partial charge in [0, 0.05) is 11.8 Å². The van der Waals surface area contributed by atoms with Gasteiger partial charge in [-0.3, -0.25) is 4.79 Å². The van der Waals surface area contributed by atoms with Gasteiger partial charge in [-0.15, -0.1) is 0 Å². The third-order valence-electron chi connectivity index (χ3n) is 4.61. The Balaban J connectivity index is 1.33. The number of anilines is 1. The summed E-state index contributed by atoms with van der Waals surface area (Å²) in [5, 5.41) is 2.70. The average molecular weight is 419 g/mol. The number of carbonyl (C=O) groups is 2. The van der Waals surface area contributed by atoms with Gasteiger partial charge in [0.1, 0.15) is 12.4 Å². The molecule has 1 atom stereocenters. The Morgan fingerprint density at radius 1 is 0.968 bits per heavy atom.